The number of amides is 1. The first kappa shape index (κ1) is 6.14. The van der Waals surface area contributed by atoms with Gasteiger partial charge in [0.25, 0.3) is 5.91 Å². The van der Waals surface area contributed by atoms with Gasteiger partial charge in [0.1, 0.15) is 0 Å². The number of allylic oxidation sites excluding steroid dienone is 1. The Morgan fingerprint density at radius 2 is 2.29 bits per heavy atom. The molecule has 7 heavy (non-hydrogen) atoms. The van der Waals surface area contributed by atoms with Gasteiger partial charge in [-0.3, -0.25) is 4.79 Å². The van der Waals surface area contributed by atoms with Crippen LogP contribution < -0.4 is 5.73 Å². The maximum Gasteiger partial charge on any atom is 0.277 e. The molecule has 0 saturated heterocycles. The molecule has 2 N–H and O–H groups in total. The Morgan fingerprint density at radius 3 is 2.29 bits per heavy atom. The van der Waals surface area contributed by atoms with Crippen LogP contribution in [0, 0.1) is 0 Å². The van der Waals surface area contributed by atoms with Crippen molar-refractivity contribution in [3.8, 4) is 0 Å². The smallest absolute Gasteiger partial charge is 0.277 e. The fourth-order valence-electron chi connectivity index (χ4n) is 0.142. The molecule has 0 radical (unpaired) electrons. The third kappa shape index (κ3) is 1.92. The normalized spacial score (nSPS) is 11.4. The van der Waals surface area contributed by atoms with Gasteiger partial charge in [0, 0.05) is 0 Å². The molecule has 0 fully saturated rings. The van der Waals surface area contributed by atoms with Crippen molar-refractivity contribution in [1.29, 1.82) is 0 Å². The van der Waals surface area contributed by atoms with Crippen LogP contribution in [-0.2, 0) is 4.79 Å². The lowest BCUT2D eigenvalue weighted by atomic mass is 10.5. The van der Waals surface area contributed by atoms with Crippen LogP contribution in [0.1, 0.15) is 6.92 Å². The Bertz CT molecular complexity index is 108. The van der Waals surface area contributed by atoms with Crippen LogP contribution in [0.4, 0.5) is 4.39 Å². The molecule has 0 unspecified atom stereocenters. The topological polar surface area (TPSA) is 43.1 Å². The van der Waals surface area contributed by atoms with Crippen molar-refractivity contribution < 1.29 is 9.18 Å². The van der Waals surface area contributed by atoms with Crippen LogP contribution in [0.25, 0.3) is 0 Å². The number of rotatable bonds is 1. The van der Waals surface area contributed by atoms with Gasteiger partial charge in [-0.1, -0.05) is 0 Å². The number of carbonyl (C=O) groups excluding carboxylic acids is 1. The van der Waals surface area contributed by atoms with E-state index in [2.05, 4.69) is 5.73 Å². The van der Waals surface area contributed by atoms with Crippen molar-refractivity contribution >= 4 is 5.91 Å². The van der Waals surface area contributed by atoms with Crippen LogP contribution in [0.5, 0.6) is 0 Å². The third-order valence-electron chi connectivity index (χ3n) is 0.489. The van der Waals surface area contributed by atoms with Gasteiger partial charge < -0.3 is 5.73 Å². The molecule has 0 spiro atoms. The number of hydrogen-bond donors (Lipinski definition) is 1. The number of halogens is 1. The maximum absolute atomic E-state index is 11.6. The van der Waals surface area contributed by atoms with E-state index in [9.17, 15) is 9.18 Å². The molecule has 0 aromatic rings. The second-order valence-corrected chi connectivity index (χ2v) is 1.00. The molecule has 0 aliphatic carbocycles. The maximum atomic E-state index is 11.6. The largest absolute Gasteiger partial charge is 0.364 e. The lowest BCUT2D eigenvalue weighted by Gasteiger charge is -1.80. The highest BCUT2D eigenvalue weighted by Crippen LogP contribution is 1.90. The minimum absolute atomic E-state index is 0.889. The van der Waals surface area contributed by atoms with Crippen molar-refractivity contribution in [2.75, 3.05) is 0 Å². The first-order chi connectivity index (χ1) is 3.18. The minimum Gasteiger partial charge on any atom is -0.364 e. The van der Waals surface area contributed by atoms with Gasteiger partial charge in [-0.2, -0.15) is 0 Å². The summed E-state index contributed by atoms with van der Waals surface area (Å²) < 4.78 is 11.6. The second kappa shape index (κ2) is 2.34. The van der Waals surface area contributed by atoms with Gasteiger partial charge >= 0.3 is 0 Å². The predicted molar refractivity (Wildman–Crippen MR) is 24.1 cm³/mol. The van der Waals surface area contributed by atoms with E-state index in [0.29, 0.717) is 0 Å². The summed E-state index contributed by atoms with van der Waals surface area (Å²) in [5, 5.41) is 0. The zero-order valence-corrected chi connectivity index (χ0v) is 3.94. The van der Waals surface area contributed by atoms with Gasteiger partial charge in [-0.05, 0) is 13.0 Å². The molecule has 0 aromatic carbocycles. The molecule has 0 bridgehead atoms. The van der Waals surface area contributed by atoms with E-state index < -0.39 is 11.7 Å². The molecule has 0 aliphatic rings. The molecular formula is C4H6FNO. The lowest BCUT2D eigenvalue weighted by molar-refractivity contribution is -0.115. The van der Waals surface area contributed by atoms with Gasteiger partial charge in [0.2, 0.25) is 0 Å². The number of hydrogen-bond acceptors (Lipinski definition) is 1. The van der Waals surface area contributed by atoms with E-state index >= 15 is 0 Å². The summed E-state index contributed by atoms with van der Waals surface area (Å²) in [6, 6.07) is 0. The molecule has 0 atom stereocenters. The zero-order chi connectivity index (χ0) is 5.86. The number of nitrogens with two attached hydrogens (primary N) is 1. The number of primary amides is 1. The first-order valence-corrected chi connectivity index (χ1v) is 1.80. The van der Waals surface area contributed by atoms with Gasteiger partial charge in [-0.15, -0.1) is 0 Å². The number of carbonyl (C=O) groups is 1. The lowest BCUT2D eigenvalue weighted by Crippen LogP contribution is -2.10. The zero-order valence-electron chi connectivity index (χ0n) is 3.94. The SMILES string of the molecule is CC=C(F)C(N)=O. The first-order valence-electron chi connectivity index (χ1n) is 1.80. The van der Waals surface area contributed by atoms with Gasteiger partial charge in [0.05, 0.1) is 0 Å². The van der Waals surface area contributed by atoms with Crippen LogP contribution >= 0.6 is 0 Å². The minimum atomic E-state index is -1.01. The molecule has 0 heterocycles. The second-order valence-electron chi connectivity index (χ2n) is 1.00. The molecule has 40 valence electrons. The summed E-state index contributed by atoms with van der Waals surface area (Å²) >= 11 is 0. The predicted octanol–water partition coefficient (Wildman–Crippen LogP) is 0.345. The van der Waals surface area contributed by atoms with E-state index in [4.69, 9.17) is 0 Å². The fourth-order valence-corrected chi connectivity index (χ4v) is 0.142. The van der Waals surface area contributed by atoms with Crippen LogP contribution in [0.2, 0.25) is 0 Å². The van der Waals surface area contributed by atoms with E-state index in [1.165, 1.54) is 6.92 Å². The molecule has 2 nitrogen and oxygen atoms in total. The molecule has 0 rings (SSSR count). The average molecular weight is 103 g/mol. The van der Waals surface area contributed by atoms with Crippen molar-refractivity contribution in [2.45, 2.75) is 6.92 Å². The standard InChI is InChI=1S/C4H6FNO/c1-2-3(5)4(6)7/h2H,1H3,(H2,6,7). The molecular weight excluding hydrogens is 97.0 g/mol. The Hall–Kier alpha value is -0.860. The van der Waals surface area contributed by atoms with E-state index in [1.807, 2.05) is 0 Å². The molecule has 0 aromatic heterocycles. The van der Waals surface area contributed by atoms with Crippen LogP contribution in [0.15, 0.2) is 11.9 Å². The van der Waals surface area contributed by atoms with Crippen molar-refractivity contribution in [3.05, 3.63) is 11.9 Å². The molecule has 1 amide bonds. The highest BCUT2D eigenvalue weighted by molar-refractivity contribution is 5.89. The molecule has 0 aliphatic heterocycles. The van der Waals surface area contributed by atoms with E-state index in [0.717, 1.165) is 6.08 Å². The Balaban J connectivity index is 3.82. The summed E-state index contributed by atoms with van der Waals surface area (Å²) in [7, 11) is 0. The van der Waals surface area contributed by atoms with E-state index in [1.54, 1.807) is 0 Å². The third-order valence-corrected chi connectivity index (χ3v) is 0.489. The Morgan fingerprint density at radius 1 is 1.86 bits per heavy atom. The Kier molecular flexibility index (Phi) is 2.05. The highest BCUT2D eigenvalue weighted by atomic mass is 19.1. The molecule has 0 saturated carbocycles. The quantitative estimate of drug-likeness (QED) is 0.478. The van der Waals surface area contributed by atoms with Crippen molar-refractivity contribution in [3.63, 3.8) is 0 Å². The molecule has 3 heteroatoms. The van der Waals surface area contributed by atoms with Gasteiger partial charge in [-0.25, -0.2) is 4.39 Å². The average Bonchev–Trinajstić information content (AvgIpc) is 1.65. The summed E-state index contributed by atoms with van der Waals surface area (Å²) in [4.78, 5) is 9.71. The van der Waals surface area contributed by atoms with Crippen LogP contribution in [0.3, 0.4) is 0 Å². The highest BCUT2D eigenvalue weighted by Gasteiger charge is 1.96. The van der Waals surface area contributed by atoms with Gasteiger partial charge in [0.15, 0.2) is 5.83 Å². The van der Waals surface area contributed by atoms with Crippen molar-refractivity contribution in [1.82, 2.24) is 0 Å². The summed E-state index contributed by atoms with van der Waals surface area (Å²) in [5.74, 6) is -1.90. The summed E-state index contributed by atoms with van der Waals surface area (Å²) in [6.45, 7) is 1.40. The Labute approximate surface area is 40.8 Å². The van der Waals surface area contributed by atoms with E-state index in [-0.39, 0.29) is 0 Å². The monoisotopic (exact) mass is 103 g/mol. The summed E-state index contributed by atoms with van der Waals surface area (Å²) in [5.41, 5.74) is 4.46. The van der Waals surface area contributed by atoms with Crippen LogP contribution in [-0.4, -0.2) is 5.91 Å². The fraction of sp³-hybridized carbons (Fsp3) is 0.250. The van der Waals surface area contributed by atoms with Crippen molar-refractivity contribution in [2.24, 2.45) is 5.73 Å². The summed E-state index contributed by atoms with van der Waals surface area (Å²) in [6.07, 6.45) is 1.02.